The minimum atomic E-state index is -0.419. The third-order valence-electron chi connectivity index (χ3n) is 6.93. The molecular weight excluding hydrogens is 456 g/mol. The Morgan fingerprint density at radius 1 is 1.14 bits per heavy atom. The van der Waals surface area contributed by atoms with Gasteiger partial charge in [-0.15, -0.1) is 11.3 Å². The van der Waals surface area contributed by atoms with E-state index in [-0.39, 0.29) is 11.3 Å². The molecule has 2 aromatic heterocycles. The molecule has 176 valence electrons. The third kappa shape index (κ3) is 4.40. The summed E-state index contributed by atoms with van der Waals surface area (Å²) in [5.74, 6) is 0.286. The van der Waals surface area contributed by atoms with Crippen molar-refractivity contribution in [2.75, 3.05) is 5.32 Å². The Morgan fingerprint density at radius 2 is 1.89 bits per heavy atom. The van der Waals surface area contributed by atoms with Crippen molar-refractivity contribution >= 4 is 33.2 Å². The number of hydrogen-bond acceptors (Lipinski definition) is 5. The Bertz CT molecular complexity index is 1530. The van der Waals surface area contributed by atoms with E-state index >= 15 is 0 Å². The largest absolute Gasteiger partial charge is 0.422 e. The minimum Gasteiger partial charge on any atom is -0.422 e. The average Bonchev–Trinajstić information content (AvgIpc) is 3.19. The van der Waals surface area contributed by atoms with E-state index in [0.717, 1.165) is 30.2 Å². The lowest BCUT2D eigenvalue weighted by atomic mass is 9.72. The minimum absolute atomic E-state index is 0.210. The summed E-state index contributed by atoms with van der Waals surface area (Å²) in [6.07, 6.45) is 2.87. The Labute approximate surface area is 208 Å². The molecule has 0 radical (unpaired) electrons. The van der Waals surface area contributed by atoms with Crippen LogP contribution in [0.2, 0.25) is 0 Å². The fourth-order valence-corrected chi connectivity index (χ4v) is 6.04. The Hall–Kier alpha value is -3.69. The lowest BCUT2D eigenvalue weighted by molar-refractivity contribution is 0.102. The van der Waals surface area contributed by atoms with E-state index in [1.807, 2.05) is 18.2 Å². The number of anilines is 1. The molecule has 2 heterocycles. The topological polar surface area (TPSA) is 83.1 Å². The van der Waals surface area contributed by atoms with Crippen molar-refractivity contribution < 1.29 is 9.21 Å². The van der Waals surface area contributed by atoms with Crippen LogP contribution in [0.15, 0.2) is 63.8 Å². The van der Waals surface area contributed by atoms with Crippen molar-refractivity contribution in [3.63, 3.8) is 0 Å². The highest BCUT2D eigenvalue weighted by Gasteiger charge is 2.32. The highest BCUT2D eigenvalue weighted by atomic mass is 32.1. The first-order valence-electron chi connectivity index (χ1n) is 11.7. The molecule has 4 aromatic rings. The quantitative estimate of drug-likeness (QED) is 0.326. The first-order chi connectivity index (χ1) is 16.7. The number of carbonyl (C=O) groups excluding carboxylic acids is 1. The van der Waals surface area contributed by atoms with E-state index in [1.54, 1.807) is 36.4 Å². The molecule has 0 spiro atoms. The fourth-order valence-electron chi connectivity index (χ4n) is 4.77. The van der Waals surface area contributed by atoms with Crippen LogP contribution in [0.5, 0.6) is 0 Å². The van der Waals surface area contributed by atoms with E-state index in [0.29, 0.717) is 38.8 Å². The second-order valence-electron chi connectivity index (χ2n) is 10.1. The predicted molar refractivity (Wildman–Crippen MR) is 140 cm³/mol. The van der Waals surface area contributed by atoms with E-state index in [1.165, 1.54) is 16.2 Å². The van der Waals surface area contributed by atoms with Gasteiger partial charge in [-0.05, 0) is 66.0 Å². The van der Waals surface area contributed by atoms with Crippen LogP contribution >= 0.6 is 11.3 Å². The Morgan fingerprint density at radius 3 is 2.60 bits per heavy atom. The number of nitrogens with one attached hydrogen (secondary N) is 1. The summed E-state index contributed by atoms with van der Waals surface area (Å²) < 4.78 is 5.43. The molecule has 2 aromatic carbocycles. The molecule has 0 saturated carbocycles. The van der Waals surface area contributed by atoms with Gasteiger partial charge in [-0.2, -0.15) is 5.26 Å². The van der Waals surface area contributed by atoms with Gasteiger partial charge >= 0.3 is 5.63 Å². The number of carbonyl (C=O) groups is 1. The van der Waals surface area contributed by atoms with Crippen LogP contribution in [0.25, 0.3) is 22.1 Å². The van der Waals surface area contributed by atoms with Crippen LogP contribution in [-0.4, -0.2) is 5.91 Å². The fraction of sp³-hybridized carbons (Fsp3) is 0.276. The average molecular weight is 483 g/mol. The van der Waals surface area contributed by atoms with Gasteiger partial charge in [0.25, 0.3) is 5.91 Å². The second-order valence-corrected chi connectivity index (χ2v) is 11.2. The summed E-state index contributed by atoms with van der Waals surface area (Å²) in [7, 11) is 0. The highest BCUT2D eigenvalue weighted by Crippen LogP contribution is 2.44. The van der Waals surface area contributed by atoms with Crippen molar-refractivity contribution in [2.45, 2.75) is 40.0 Å². The van der Waals surface area contributed by atoms with Crippen LogP contribution in [0.1, 0.15) is 53.6 Å². The highest BCUT2D eigenvalue weighted by molar-refractivity contribution is 7.16. The monoisotopic (exact) mass is 482 g/mol. The van der Waals surface area contributed by atoms with Gasteiger partial charge in [0.2, 0.25) is 0 Å². The zero-order valence-corrected chi connectivity index (χ0v) is 20.8. The molecule has 0 saturated heterocycles. The molecule has 6 heteroatoms. The second kappa shape index (κ2) is 8.83. The van der Waals surface area contributed by atoms with Gasteiger partial charge in [-0.25, -0.2) is 4.79 Å². The first-order valence-corrected chi connectivity index (χ1v) is 12.6. The van der Waals surface area contributed by atoms with E-state index in [4.69, 9.17) is 4.42 Å². The molecule has 0 fully saturated rings. The summed E-state index contributed by atoms with van der Waals surface area (Å²) in [6, 6.07) is 18.3. The SMILES string of the molecule is CC(C)(C)[C@@H]1CCc2c(sc(NC(=O)c3ccc(-c4cc5ccccc5oc4=O)cc3)c2C#N)C1. The zero-order valence-electron chi connectivity index (χ0n) is 20.0. The van der Waals surface area contributed by atoms with Gasteiger partial charge in [0.05, 0.1) is 11.1 Å². The maximum atomic E-state index is 13.0. The van der Waals surface area contributed by atoms with Crippen molar-refractivity contribution in [3.05, 3.63) is 86.6 Å². The van der Waals surface area contributed by atoms with Crippen molar-refractivity contribution in [2.24, 2.45) is 11.3 Å². The van der Waals surface area contributed by atoms with E-state index in [9.17, 15) is 14.9 Å². The van der Waals surface area contributed by atoms with Crippen molar-refractivity contribution in [1.82, 2.24) is 0 Å². The standard InChI is InChI=1S/C29H26N2O3S/c1-29(2,3)20-12-13-21-23(16-30)27(35-25(21)15-20)31-26(32)18-10-8-17(9-11-18)22-14-19-6-4-5-7-24(19)34-28(22)33/h4-11,14,20H,12-13,15H2,1-3H3,(H,31,32)/t20-/m1/s1. The molecule has 1 atom stereocenters. The van der Waals surface area contributed by atoms with Crippen LogP contribution in [0, 0.1) is 22.7 Å². The van der Waals surface area contributed by atoms with Gasteiger partial charge in [-0.3, -0.25) is 4.79 Å². The number of rotatable bonds is 3. The van der Waals surface area contributed by atoms with E-state index < -0.39 is 5.63 Å². The zero-order chi connectivity index (χ0) is 24.7. The van der Waals surface area contributed by atoms with Crippen LogP contribution in [-0.2, 0) is 12.8 Å². The molecule has 0 aliphatic heterocycles. The number of hydrogen-bond donors (Lipinski definition) is 1. The lowest BCUT2D eigenvalue weighted by Gasteiger charge is -2.33. The number of para-hydroxylation sites is 1. The normalized spacial score (nSPS) is 15.4. The number of thiophene rings is 1. The van der Waals surface area contributed by atoms with Gasteiger partial charge in [0, 0.05) is 15.8 Å². The summed E-state index contributed by atoms with van der Waals surface area (Å²) in [5, 5.41) is 14.2. The number of nitriles is 1. The van der Waals surface area contributed by atoms with Crippen molar-refractivity contribution in [3.8, 4) is 17.2 Å². The number of amides is 1. The van der Waals surface area contributed by atoms with Crippen LogP contribution in [0.3, 0.4) is 0 Å². The lowest BCUT2D eigenvalue weighted by Crippen LogP contribution is -2.26. The van der Waals surface area contributed by atoms with Crippen LogP contribution in [0.4, 0.5) is 5.00 Å². The van der Waals surface area contributed by atoms with Gasteiger partial charge in [0.1, 0.15) is 16.7 Å². The molecule has 0 bridgehead atoms. The van der Waals surface area contributed by atoms with Gasteiger partial charge in [0.15, 0.2) is 0 Å². The van der Waals surface area contributed by atoms with Crippen LogP contribution < -0.4 is 10.9 Å². The number of benzene rings is 2. The number of fused-ring (bicyclic) bond motifs is 2. The first kappa shape index (κ1) is 23.1. The van der Waals surface area contributed by atoms with Crippen molar-refractivity contribution in [1.29, 1.82) is 5.26 Å². The number of nitrogens with zero attached hydrogens (tertiary/aromatic N) is 1. The Kier molecular flexibility index (Phi) is 5.82. The molecule has 1 N–H and O–H groups in total. The molecule has 1 amide bonds. The molecule has 0 unspecified atom stereocenters. The summed E-state index contributed by atoms with van der Waals surface area (Å²) in [6.45, 7) is 6.78. The molecule has 5 rings (SSSR count). The smallest absolute Gasteiger partial charge is 0.344 e. The van der Waals surface area contributed by atoms with E-state index in [2.05, 4.69) is 32.2 Å². The summed E-state index contributed by atoms with van der Waals surface area (Å²) in [4.78, 5) is 26.7. The predicted octanol–water partition coefficient (Wildman–Crippen LogP) is 6.80. The van der Waals surface area contributed by atoms with Gasteiger partial charge in [-0.1, -0.05) is 51.1 Å². The Balaban J connectivity index is 1.38. The molecule has 1 aliphatic carbocycles. The molecule has 5 nitrogen and oxygen atoms in total. The maximum Gasteiger partial charge on any atom is 0.344 e. The summed E-state index contributed by atoms with van der Waals surface area (Å²) >= 11 is 1.52. The van der Waals surface area contributed by atoms with Gasteiger partial charge < -0.3 is 9.73 Å². The molecular formula is C29H26N2O3S. The molecule has 35 heavy (non-hydrogen) atoms. The summed E-state index contributed by atoms with van der Waals surface area (Å²) in [5.41, 5.74) is 3.60. The third-order valence-corrected chi connectivity index (χ3v) is 8.10. The maximum absolute atomic E-state index is 13.0. The molecule has 1 aliphatic rings.